The zero-order chi connectivity index (χ0) is 10.3. The van der Waals surface area contributed by atoms with Crippen LogP contribution >= 0.6 is 0 Å². The first-order valence-electron chi connectivity index (χ1n) is 4.07. The maximum atomic E-state index is 12.2. The second-order valence-electron chi connectivity index (χ2n) is 2.04. The van der Waals surface area contributed by atoms with Crippen molar-refractivity contribution < 1.29 is 9.18 Å². The molecule has 0 unspecified atom stereocenters. The molecule has 1 amide bonds. The van der Waals surface area contributed by atoms with Crippen LogP contribution in [-0.2, 0) is 4.79 Å². The molecule has 0 fully saturated rings. The number of nitrogens with one attached hydrogen (secondary N) is 1. The Morgan fingerprint density at radius 2 is 2.08 bits per heavy atom. The molecule has 72 valence electrons. The molecular formula is C9H13FN2O. The normalized spacial score (nSPS) is 8.31. The maximum Gasteiger partial charge on any atom is 0.222 e. The van der Waals surface area contributed by atoms with Gasteiger partial charge in [0.2, 0.25) is 5.91 Å². The summed E-state index contributed by atoms with van der Waals surface area (Å²) < 4.78 is 12.2. The molecule has 0 aromatic carbocycles. The van der Waals surface area contributed by atoms with Gasteiger partial charge in [-0.2, -0.15) is 0 Å². The van der Waals surface area contributed by atoms with Crippen LogP contribution in [0, 0.1) is 5.82 Å². The second kappa shape index (κ2) is 6.11. The minimum absolute atomic E-state index is 0.218. The van der Waals surface area contributed by atoms with Crippen LogP contribution in [0.1, 0.15) is 20.8 Å². The monoisotopic (exact) mass is 184 g/mol. The molecule has 4 heteroatoms. The van der Waals surface area contributed by atoms with Crippen molar-refractivity contribution in [3.05, 3.63) is 24.1 Å². The van der Waals surface area contributed by atoms with E-state index in [4.69, 9.17) is 0 Å². The van der Waals surface area contributed by atoms with Crippen molar-refractivity contribution in [1.29, 1.82) is 0 Å². The summed E-state index contributed by atoms with van der Waals surface area (Å²) in [4.78, 5) is 14.1. The number of pyridine rings is 1. The van der Waals surface area contributed by atoms with E-state index in [1.54, 1.807) is 0 Å². The molecule has 3 nitrogen and oxygen atoms in total. The first-order valence-corrected chi connectivity index (χ1v) is 4.07. The Balaban J connectivity index is 0.000000671. The number of rotatable bonds is 1. The van der Waals surface area contributed by atoms with Gasteiger partial charge in [0.25, 0.3) is 0 Å². The topological polar surface area (TPSA) is 42.0 Å². The number of amides is 1. The van der Waals surface area contributed by atoms with Gasteiger partial charge in [-0.15, -0.1) is 0 Å². The van der Waals surface area contributed by atoms with E-state index in [2.05, 4.69) is 10.3 Å². The fourth-order valence-corrected chi connectivity index (χ4v) is 0.630. The SMILES string of the molecule is CC.CC(=O)Nc1ccc(F)cn1. The zero-order valence-electron chi connectivity index (χ0n) is 7.97. The fraction of sp³-hybridized carbons (Fsp3) is 0.333. The van der Waals surface area contributed by atoms with E-state index in [0.717, 1.165) is 6.20 Å². The van der Waals surface area contributed by atoms with Gasteiger partial charge in [0.15, 0.2) is 0 Å². The van der Waals surface area contributed by atoms with Gasteiger partial charge in [-0.3, -0.25) is 4.79 Å². The summed E-state index contributed by atoms with van der Waals surface area (Å²) in [5.74, 6) is -0.276. The number of carbonyl (C=O) groups excluding carboxylic acids is 1. The number of nitrogens with zero attached hydrogens (tertiary/aromatic N) is 1. The number of hydrogen-bond acceptors (Lipinski definition) is 2. The quantitative estimate of drug-likeness (QED) is 0.727. The van der Waals surface area contributed by atoms with Gasteiger partial charge >= 0.3 is 0 Å². The van der Waals surface area contributed by atoms with Crippen molar-refractivity contribution in [2.75, 3.05) is 5.32 Å². The predicted octanol–water partition coefficient (Wildman–Crippen LogP) is 2.21. The van der Waals surface area contributed by atoms with Crippen LogP contribution in [0.15, 0.2) is 18.3 Å². The smallest absolute Gasteiger partial charge is 0.222 e. The van der Waals surface area contributed by atoms with Gasteiger partial charge < -0.3 is 5.32 Å². The molecule has 1 heterocycles. The van der Waals surface area contributed by atoms with E-state index in [1.165, 1.54) is 19.1 Å². The van der Waals surface area contributed by atoms with Gasteiger partial charge in [0.1, 0.15) is 11.6 Å². The number of halogens is 1. The van der Waals surface area contributed by atoms with E-state index in [0.29, 0.717) is 5.82 Å². The molecular weight excluding hydrogens is 171 g/mol. The molecule has 0 spiro atoms. The maximum absolute atomic E-state index is 12.2. The fourth-order valence-electron chi connectivity index (χ4n) is 0.630. The molecule has 0 atom stereocenters. The van der Waals surface area contributed by atoms with Gasteiger partial charge in [0, 0.05) is 6.92 Å². The third-order valence-corrected chi connectivity index (χ3v) is 1.03. The zero-order valence-corrected chi connectivity index (χ0v) is 7.97. The lowest BCUT2D eigenvalue weighted by Crippen LogP contribution is -2.06. The number of anilines is 1. The summed E-state index contributed by atoms with van der Waals surface area (Å²) >= 11 is 0. The van der Waals surface area contributed by atoms with Gasteiger partial charge in [0.05, 0.1) is 6.20 Å². The van der Waals surface area contributed by atoms with Crippen LogP contribution in [0.5, 0.6) is 0 Å². The third-order valence-electron chi connectivity index (χ3n) is 1.03. The van der Waals surface area contributed by atoms with Crippen LogP contribution in [0.2, 0.25) is 0 Å². The molecule has 1 aromatic rings. The summed E-state index contributed by atoms with van der Waals surface area (Å²) in [7, 11) is 0. The van der Waals surface area contributed by atoms with E-state index in [9.17, 15) is 9.18 Å². The van der Waals surface area contributed by atoms with Crippen molar-refractivity contribution >= 4 is 11.7 Å². The molecule has 0 aliphatic carbocycles. The van der Waals surface area contributed by atoms with Crippen LogP contribution < -0.4 is 5.32 Å². The Morgan fingerprint density at radius 1 is 1.46 bits per heavy atom. The van der Waals surface area contributed by atoms with Gasteiger partial charge in [-0.1, -0.05) is 13.8 Å². The van der Waals surface area contributed by atoms with E-state index < -0.39 is 5.82 Å². The summed E-state index contributed by atoms with van der Waals surface area (Å²) in [6.07, 6.45) is 1.05. The number of hydrogen-bond donors (Lipinski definition) is 1. The summed E-state index contributed by atoms with van der Waals surface area (Å²) in [6.45, 7) is 5.37. The molecule has 0 aliphatic rings. The Bertz CT molecular complexity index is 259. The largest absolute Gasteiger partial charge is 0.311 e. The van der Waals surface area contributed by atoms with Crippen LogP contribution in [-0.4, -0.2) is 10.9 Å². The first-order chi connectivity index (χ1) is 6.18. The highest BCUT2D eigenvalue weighted by Gasteiger charge is 1.95. The van der Waals surface area contributed by atoms with Crippen molar-refractivity contribution in [2.45, 2.75) is 20.8 Å². The Labute approximate surface area is 77.0 Å². The molecule has 0 bridgehead atoms. The summed E-state index contributed by atoms with van der Waals surface area (Å²) in [5, 5.41) is 2.42. The molecule has 1 rings (SSSR count). The molecule has 1 N–H and O–H groups in total. The minimum atomic E-state index is -0.417. The first kappa shape index (κ1) is 11.6. The van der Waals surface area contributed by atoms with Gasteiger partial charge in [-0.25, -0.2) is 9.37 Å². The van der Waals surface area contributed by atoms with Crippen LogP contribution in [0.4, 0.5) is 10.2 Å². The van der Waals surface area contributed by atoms with Crippen molar-refractivity contribution in [3.63, 3.8) is 0 Å². The molecule has 0 aliphatic heterocycles. The lowest BCUT2D eigenvalue weighted by atomic mass is 10.4. The van der Waals surface area contributed by atoms with E-state index >= 15 is 0 Å². The highest BCUT2D eigenvalue weighted by molar-refractivity contribution is 5.87. The average molecular weight is 184 g/mol. The number of carbonyl (C=O) groups is 1. The molecule has 13 heavy (non-hydrogen) atoms. The van der Waals surface area contributed by atoms with Crippen LogP contribution in [0.3, 0.4) is 0 Å². The average Bonchev–Trinajstić information content (AvgIpc) is 2.12. The highest BCUT2D eigenvalue weighted by Crippen LogP contribution is 2.02. The summed E-state index contributed by atoms with van der Waals surface area (Å²) in [6, 6.07) is 2.63. The van der Waals surface area contributed by atoms with Crippen LogP contribution in [0.25, 0.3) is 0 Å². The second-order valence-corrected chi connectivity index (χ2v) is 2.04. The number of aromatic nitrogens is 1. The third kappa shape index (κ3) is 4.90. The highest BCUT2D eigenvalue weighted by atomic mass is 19.1. The molecule has 0 saturated heterocycles. The Morgan fingerprint density at radius 3 is 2.46 bits per heavy atom. The summed E-state index contributed by atoms with van der Waals surface area (Å²) in [5.41, 5.74) is 0. The van der Waals surface area contributed by atoms with Crippen molar-refractivity contribution in [2.24, 2.45) is 0 Å². The van der Waals surface area contributed by atoms with Crippen molar-refractivity contribution in [1.82, 2.24) is 4.98 Å². The standard InChI is InChI=1S/C7H7FN2O.C2H6/c1-5(11)10-7-3-2-6(8)4-9-7;1-2/h2-4H,1H3,(H,9,10,11);1-2H3. The van der Waals surface area contributed by atoms with E-state index in [1.807, 2.05) is 13.8 Å². The lowest BCUT2D eigenvalue weighted by Gasteiger charge is -1.98. The Hall–Kier alpha value is -1.45. The van der Waals surface area contributed by atoms with Crippen molar-refractivity contribution in [3.8, 4) is 0 Å². The Kier molecular flexibility index (Phi) is 5.43. The van der Waals surface area contributed by atoms with E-state index in [-0.39, 0.29) is 5.91 Å². The minimum Gasteiger partial charge on any atom is -0.311 e. The van der Waals surface area contributed by atoms with Gasteiger partial charge in [-0.05, 0) is 12.1 Å². The lowest BCUT2D eigenvalue weighted by molar-refractivity contribution is -0.114. The molecule has 1 aromatic heterocycles. The molecule has 0 radical (unpaired) electrons. The predicted molar refractivity (Wildman–Crippen MR) is 49.8 cm³/mol. The molecule has 0 saturated carbocycles.